The van der Waals surface area contributed by atoms with Gasteiger partial charge in [0.25, 0.3) is 5.91 Å². The SMILES string of the molecule is CCOC(=O)c1[nH]c(C)c(C(=O)CN(Cc2ccncc2)C(=O)c2ccc(C(F)(F)F)cc2)c1C. The number of pyridine rings is 1. The monoisotopic (exact) mass is 487 g/mol. The number of Topliss-reactive ketones (excluding diaryl/α,β-unsaturated/α-hetero) is 1. The lowest BCUT2D eigenvalue weighted by Gasteiger charge is -2.23. The summed E-state index contributed by atoms with van der Waals surface area (Å²) in [7, 11) is 0. The van der Waals surface area contributed by atoms with Crippen LogP contribution in [0.4, 0.5) is 13.2 Å². The van der Waals surface area contributed by atoms with Crippen molar-refractivity contribution >= 4 is 17.7 Å². The summed E-state index contributed by atoms with van der Waals surface area (Å²) in [6.07, 6.45) is -1.47. The van der Waals surface area contributed by atoms with E-state index in [0.717, 1.165) is 24.3 Å². The van der Waals surface area contributed by atoms with Gasteiger partial charge >= 0.3 is 12.1 Å². The molecule has 0 aliphatic rings. The van der Waals surface area contributed by atoms with Crippen molar-refractivity contribution < 1.29 is 32.3 Å². The number of aromatic nitrogens is 2. The summed E-state index contributed by atoms with van der Waals surface area (Å²) in [5, 5.41) is 0. The number of amides is 1. The number of nitrogens with one attached hydrogen (secondary N) is 1. The Labute approximate surface area is 199 Å². The molecule has 3 rings (SSSR count). The number of ether oxygens (including phenoxy) is 1. The number of hydrogen-bond donors (Lipinski definition) is 1. The van der Waals surface area contributed by atoms with Gasteiger partial charge in [0.15, 0.2) is 5.78 Å². The van der Waals surface area contributed by atoms with Crippen molar-refractivity contribution in [1.29, 1.82) is 0 Å². The highest BCUT2D eigenvalue weighted by Crippen LogP contribution is 2.29. The number of rotatable bonds is 8. The molecule has 3 aromatic rings. The van der Waals surface area contributed by atoms with Crippen molar-refractivity contribution in [2.24, 2.45) is 0 Å². The molecule has 0 aliphatic heterocycles. The fourth-order valence-electron chi connectivity index (χ4n) is 3.72. The summed E-state index contributed by atoms with van der Waals surface area (Å²) in [6, 6.07) is 7.16. The highest BCUT2D eigenvalue weighted by atomic mass is 19.4. The molecule has 2 aromatic heterocycles. The number of carbonyl (C=O) groups excluding carboxylic acids is 3. The number of alkyl halides is 3. The predicted octanol–water partition coefficient (Wildman–Crippen LogP) is 4.75. The summed E-state index contributed by atoms with van der Waals surface area (Å²) in [5.41, 5.74) is 1.07. The summed E-state index contributed by atoms with van der Waals surface area (Å²) in [5.74, 6) is -1.64. The van der Waals surface area contributed by atoms with Crippen molar-refractivity contribution in [3.8, 4) is 0 Å². The standard InChI is InChI=1S/C25H24F3N3O4/c1-4-35-24(34)22-15(2)21(16(3)30-22)20(32)14-31(13-17-9-11-29-12-10-17)23(33)18-5-7-19(8-6-18)25(26,27)28/h5-12,30H,4,13-14H2,1-3H3. The number of H-pyrrole nitrogens is 1. The van der Waals surface area contributed by atoms with Crippen LogP contribution < -0.4 is 0 Å². The molecular formula is C25H24F3N3O4. The average molecular weight is 487 g/mol. The lowest BCUT2D eigenvalue weighted by Crippen LogP contribution is -2.35. The molecule has 0 saturated carbocycles. The molecule has 1 aromatic carbocycles. The van der Waals surface area contributed by atoms with Crippen molar-refractivity contribution in [1.82, 2.24) is 14.9 Å². The highest BCUT2D eigenvalue weighted by Gasteiger charge is 2.31. The Bertz CT molecular complexity index is 1220. The maximum Gasteiger partial charge on any atom is 0.416 e. The Morgan fingerprint density at radius 3 is 2.23 bits per heavy atom. The molecular weight excluding hydrogens is 463 g/mol. The number of aromatic amines is 1. The van der Waals surface area contributed by atoms with E-state index in [1.54, 1.807) is 32.9 Å². The minimum atomic E-state index is -4.53. The van der Waals surface area contributed by atoms with Gasteiger partial charge in [0.05, 0.1) is 18.7 Å². The molecule has 0 radical (unpaired) electrons. The molecule has 0 fully saturated rings. The third-order valence-corrected chi connectivity index (χ3v) is 5.40. The fourth-order valence-corrected chi connectivity index (χ4v) is 3.72. The maximum atomic E-state index is 13.3. The molecule has 0 bridgehead atoms. The van der Waals surface area contributed by atoms with Crippen LogP contribution in [0.15, 0.2) is 48.8 Å². The molecule has 0 atom stereocenters. The first-order valence-electron chi connectivity index (χ1n) is 10.8. The smallest absolute Gasteiger partial charge is 0.416 e. The van der Waals surface area contributed by atoms with E-state index >= 15 is 0 Å². The molecule has 2 heterocycles. The number of halogens is 3. The molecule has 7 nitrogen and oxygen atoms in total. The Balaban J connectivity index is 1.91. The van der Waals surface area contributed by atoms with Crippen LogP contribution in [0, 0.1) is 13.8 Å². The molecule has 0 saturated heterocycles. The van der Waals surface area contributed by atoms with Gasteiger partial charge in [-0.2, -0.15) is 13.2 Å². The van der Waals surface area contributed by atoms with Crippen LogP contribution in [0.5, 0.6) is 0 Å². The Morgan fingerprint density at radius 2 is 1.66 bits per heavy atom. The van der Waals surface area contributed by atoms with E-state index in [-0.39, 0.29) is 36.5 Å². The van der Waals surface area contributed by atoms with Gasteiger partial charge in [-0.05, 0) is 68.3 Å². The lowest BCUT2D eigenvalue weighted by molar-refractivity contribution is -0.137. The van der Waals surface area contributed by atoms with Gasteiger partial charge in [0.1, 0.15) is 5.69 Å². The summed E-state index contributed by atoms with van der Waals surface area (Å²) < 4.78 is 43.8. The normalized spacial score (nSPS) is 11.3. The molecule has 184 valence electrons. The van der Waals surface area contributed by atoms with Crippen LogP contribution in [0.2, 0.25) is 0 Å². The first-order valence-corrected chi connectivity index (χ1v) is 10.8. The Morgan fingerprint density at radius 1 is 1.03 bits per heavy atom. The number of ketones is 1. The molecule has 0 spiro atoms. The van der Waals surface area contributed by atoms with Crippen molar-refractivity contribution in [3.63, 3.8) is 0 Å². The van der Waals surface area contributed by atoms with Crippen molar-refractivity contribution in [3.05, 3.63) is 88.0 Å². The highest BCUT2D eigenvalue weighted by molar-refractivity contribution is 6.05. The van der Waals surface area contributed by atoms with Gasteiger partial charge in [-0.15, -0.1) is 0 Å². The minimum absolute atomic E-state index is 0.00887. The molecule has 0 unspecified atom stereocenters. The van der Waals surface area contributed by atoms with E-state index in [2.05, 4.69) is 9.97 Å². The van der Waals surface area contributed by atoms with Gasteiger partial charge in [-0.1, -0.05) is 0 Å². The lowest BCUT2D eigenvalue weighted by atomic mass is 10.0. The van der Waals surface area contributed by atoms with E-state index < -0.39 is 29.4 Å². The van der Waals surface area contributed by atoms with Gasteiger partial charge < -0.3 is 14.6 Å². The van der Waals surface area contributed by atoms with E-state index in [9.17, 15) is 27.6 Å². The molecule has 10 heteroatoms. The Kier molecular flexibility index (Phi) is 7.73. The van der Waals surface area contributed by atoms with Gasteiger partial charge in [0, 0.05) is 35.8 Å². The van der Waals surface area contributed by atoms with Crippen molar-refractivity contribution in [2.45, 2.75) is 33.5 Å². The van der Waals surface area contributed by atoms with Gasteiger partial charge in [-0.3, -0.25) is 14.6 Å². The largest absolute Gasteiger partial charge is 0.461 e. The molecule has 35 heavy (non-hydrogen) atoms. The number of hydrogen-bond acceptors (Lipinski definition) is 5. The minimum Gasteiger partial charge on any atom is -0.461 e. The molecule has 0 aliphatic carbocycles. The van der Waals surface area contributed by atoms with Crippen LogP contribution >= 0.6 is 0 Å². The topological polar surface area (TPSA) is 92.4 Å². The van der Waals surface area contributed by atoms with Crippen LogP contribution in [-0.2, 0) is 17.5 Å². The van der Waals surface area contributed by atoms with Crippen LogP contribution in [0.3, 0.4) is 0 Å². The summed E-state index contributed by atoms with van der Waals surface area (Å²) in [6.45, 7) is 4.74. The number of aryl methyl sites for hydroxylation is 1. The van der Waals surface area contributed by atoms with E-state index in [4.69, 9.17) is 4.74 Å². The molecule has 1 N–H and O–H groups in total. The van der Waals surface area contributed by atoms with Gasteiger partial charge in [-0.25, -0.2) is 4.79 Å². The number of carbonyl (C=O) groups is 3. The summed E-state index contributed by atoms with van der Waals surface area (Å²) in [4.78, 5) is 46.8. The second-order valence-corrected chi connectivity index (χ2v) is 7.86. The first-order chi connectivity index (χ1) is 16.5. The quantitative estimate of drug-likeness (QED) is 0.366. The number of nitrogens with zero attached hydrogens (tertiary/aromatic N) is 2. The zero-order valence-electron chi connectivity index (χ0n) is 19.4. The van der Waals surface area contributed by atoms with E-state index in [1.165, 1.54) is 17.3 Å². The van der Waals surface area contributed by atoms with Crippen LogP contribution in [-0.4, -0.2) is 45.7 Å². The third kappa shape index (κ3) is 5.95. The number of esters is 1. The van der Waals surface area contributed by atoms with Crippen LogP contribution in [0.25, 0.3) is 0 Å². The van der Waals surface area contributed by atoms with Gasteiger partial charge in [0.2, 0.25) is 0 Å². The van der Waals surface area contributed by atoms with Crippen molar-refractivity contribution in [2.75, 3.05) is 13.2 Å². The average Bonchev–Trinajstić information content (AvgIpc) is 3.12. The fraction of sp³-hybridized carbons (Fsp3) is 0.280. The zero-order chi connectivity index (χ0) is 25.8. The van der Waals surface area contributed by atoms with E-state index in [0.29, 0.717) is 16.8 Å². The first kappa shape index (κ1) is 25.7. The molecule has 1 amide bonds. The maximum absolute atomic E-state index is 13.3. The third-order valence-electron chi connectivity index (χ3n) is 5.40. The van der Waals surface area contributed by atoms with E-state index in [1.807, 2.05) is 0 Å². The second kappa shape index (κ2) is 10.5. The second-order valence-electron chi connectivity index (χ2n) is 7.86. The summed E-state index contributed by atoms with van der Waals surface area (Å²) >= 11 is 0. The Hall–Kier alpha value is -3.95. The zero-order valence-corrected chi connectivity index (χ0v) is 19.4. The number of benzene rings is 1. The van der Waals surface area contributed by atoms with Crippen LogP contribution in [0.1, 0.15) is 60.5 Å². The predicted molar refractivity (Wildman–Crippen MR) is 121 cm³/mol.